The van der Waals surface area contributed by atoms with Crippen LogP contribution < -0.4 is 5.32 Å². The number of nitrogens with zero attached hydrogens (tertiary/aromatic N) is 5. The van der Waals surface area contributed by atoms with Gasteiger partial charge in [0.15, 0.2) is 5.82 Å². The number of aryl methyl sites for hydroxylation is 1. The minimum absolute atomic E-state index is 0.0719. The molecule has 3 heterocycles. The van der Waals surface area contributed by atoms with Crippen molar-refractivity contribution >= 4 is 17.5 Å². The Balaban J connectivity index is 1.71. The first kappa shape index (κ1) is 15.6. The molecule has 0 aromatic carbocycles. The van der Waals surface area contributed by atoms with Gasteiger partial charge in [-0.25, -0.2) is 5.01 Å². The Morgan fingerprint density at radius 3 is 2.78 bits per heavy atom. The number of hydrogen-bond acceptors (Lipinski definition) is 5. The molecule has 124 valence electrons. The second kappa shape index (κ2) is 6.47. The highest BCUT2D eigenvalue weighted by atomic mass is 16.2. The van der Waals surface area contributed by atoms with Crippen LogP contribution in [0.5, 0.6) is 0 Å². The summed E-state index contributed by atoms with van der Waals surface area (Å²) in [7, 11) is 1.57. The van der Waals surface area contributed by atoms with Crippen molar-refractivity contribution in [2.45, 2.75) is 58.0 Å². The first-order valence-electron chi connectivity index (χ1n) is 8.13. The quantitative estimate of drug-likeness (QED) is 0.892. The average molecular weight is 318 g/mol. The third-order valence-corrected chi connectivity index (χ3v) is 4.34. The summed E-state index contributed by atoms with van der Waals surface area (Å²) in [6.45, 7) is 2.80. The first-order valence-corrected chi connectivity index (χ1v) is 8.13. The Kier molecular flexibility index (Phi) is 4.40. The van der Waals surface area contributed by atoms with Crippen LogP contribution in [0.2, 0.25) is 0 Å². The van der Waals surface area contributed by atoms with E-state index >= 15 is 0 Å². The summed E-state index contributed by atoms with van der Waals surface area (Å²) in [5.74, 6) is 1.47. The van der Waals surface area contributed by atoms with Crippen LogP contribution in [0.15, 0.2) is 5.10 Å². The van der Waals surface area contributed by atoms with E-state index < -0.39 is 0 Å². The summed E-state index contributed by atoms with van der Waals surface area (Å²) in [6, 6.07) is -0.243. The molecular weight excluding hydrogens is 296 g/mol. The zero-order valence-corrected chi connectivity index (χ0v) is 13.6. The normalized spacial score (nSPS) is 19.7. The second-order valence-corrected chi connectivity index (χ2v) is 6.10. The van der Waals surface area contributed by atoms with Crippen molar-refractivity contribution in [3.63, 3.8) is 0 Å². The van der Waals surface area contributed by atoms with E-state index in [9.17, 15) is 9.59 Å². The molecule has 0 saturated heterocycles. The molecule has 0 radical (unpaired) electrons. The Morgan fingerprint density at radius 2 is 2.00 bits per heavy atom. The van der Waals surface area contributed by atoms with Gasteiger partial charge in [-0.15, -0.1) is 10.2 Å². The van der Waals surface area contributed by atoms with Crippen LogP contribution in [0, 0.1) is 0 Å². The number of rotatable bonds is 3. The van der Waals surface area contributed by atoms with E-state index in [0.717, 1.165) is 37.5 Å². The molecule has 1 aromatic heterocycles. The second-order valence-electron chi connectivity index (χ2n) is 6.10. The molecule has 0 saturated carbocycles. The Morgan fingerprint density at radius 1 is 1.17 bits per heavy atom. The minimum atomic E-state index is -0.247. The Hall–Kier alpha value is -2.25. The summed E-state index contributed by atoms with van der Waals surface area (Å²) in [6.07, 6.45) is 5.07. The lowest BCUT2D eigenvalue weighted by molar-refractivity contribution is -0.130. The van der Waals surface area contributed by atoms with Gasteiger partial charge in [0.05, 0.1) is 6.04 Å². The molecule has 0 aliphatic carbocycles. The summed E-state index contributed by atoms with van der Waals surface area (Å²) < 4.78 is 2.12. The number of amides is 2. The van der Waals surface area contributed by atoms with Gasteiger partial charge in [-0.3, -0.25) is 9.59 Å². The van der Waals surface area contributed by atoms with Crippen LogP contribution in [0.25, 0.3) is 0 Å². The zero-order chi connectivity index (χ0) is 16.4. The standard InChI is InChI=1S/C15H22N6O2/c1-10(14-18-17-12-6-4-3-5-9-21(12)14)16-15(23)11-7-8-13(22)20(2)19-11/h10H,3-9H2,1-2H3,(H,16,23)/t10-/m1/s1. The summed E-state index contributed by atoms with van der Waals surface area (Å²) in [5, 5.41) is 16.7. The highest BCUT2D eigenvalue weighted by Gasteiger charge is 2.25. The van der Waals surface area contributed by atoms with Crippen molar-refractivity contribution in [1.29, 1.82) is 0 Å². The molecule has 2 aliphatic rings. The van der Waals surface area contributed by atoms with Crippen molar-refractivity contribution < 1.29 is 9.59 Å². The lowest BCUT2D eigenvalue weighted by atomic mass is 10.1. The number of carbonyl (C=O) groups is 2. The Bertz CT molecular complexity index is 650. The fraction of sp³-hybridized carbons (Fsp3) is 0.667. The number of aromatic nitrogens is 3. The Labute approximate surface area is 134 Å². The van der Waals surface area contributed by atoms with Gasteiger partial charge in [0.1, 0.15) is 11.5 Å². The van der Waals surface area contributed by atoms with E-state index in [1.54, 1.807) is 7.05 Å². The molecule has 2 aliphatic heterocycles. The van der Waals surface area contributed by atoms with E-state index in [-0.39, 0.29) is 17.9 Å². The van der Waals surface area contributed by atoms with Gasteiger partial charge >= 0.3 is 0 Å². The van der Waals surface area contributed by atoms with Crippen molar-refractivity contribution in [3.05, 3.63) is 11.6 Å². The minimum Gasteiger partial charge on any atom is -0.341 e. The molecule has 2 amide bonds. The van der Waals surface area contributed by atoms with Crippen molar-refractivity contribution in [2.24, 2.45) is 5.10 Å². The van der Waals surface area contributed by atoms with Gasteiger partial charge in [-0.1, -0.05) is 6.42 Å². The molecule has 1 atom stereocenters. The third kappa shape index (κ3) is 3.25. The van der Waals surface area contributed by atoms with Crippen LogP contribution >= 0.6 is 0 Å². The number of fused-ring (bicyclic) bond motifs is 1. The molecule has 23 heavy (non-hydrogen) atoms. The number of hydrazone groups is 1. The van der Waals surface area contributed by atoms with Gasteiger partial charge in [-0.2, -0.15) is 5.10 Å². The predicted molar refractivity (Wildman–Crippen MR) is 83.6 cm³/mol. The average Bonchev–Trinajstić information content (AvgIpc) is 2.79. The van der Waals surface area contributed by atoms with Crippen molar-refractivity contribution in [1.82, 2.24) is 25.1 Å². The van der Waals surface area contributed by atoms with Crippen LogP contribution in [0.1, 0.15) is 56.7 Å². The van der Waals surface area contributed by atoms with Crippen LogP contribution in [-0.2, 0) is 22.6 Å². The van der Waals surface area contributed by atoms with E-state index in [0.29, 0.717) is 18.6 Å². The number of hydrogen-bond donors (Lipinski definition) is 1. The molecule has 8 heteroatoms. The van der Waals surface area contributed by atoms with Crippen LogP contribution in [0.4, 0.5) is 0 Å². The van der Waals surface area contributed by atoms with Gasteiger partial charge in [-0.05, 0) is 19.8 Å². The highest BCUT2D eigenvalue weighted by Crippen LogP contribution is 2.19. The van der Waals surface area contributed by atoms with E-state index in [2.05, 4.69) is 25.2 Å². The lowest BCUT2D eigenvalue weighted by Gasteiger charge is -2.20. The third-order valence-electron chi connectivity index (χ3n) is 4.34. The van der Waals surface area contributed by atoms with Crippen molar-refractivity contribution in [2.75, 3.05) is 7.05 Å². The number of nitrogens with one attached hydrogen (secondary N) is 1. The summed E-state index contributed by atoms with van der Waals surface area (Å²) in [5.41, 5.74) is 0.384. The number of carbonyl (C=O) groups excluding carboxylic acids is 2. The van der Waals surface area contributed by atoms with Gasteiger partial charge in [0.25, 0.3) is 5.91 Å². The largest absolute Gasteiger partial charge is 0.341 e. The van der Waals surface area contributed by atoms with Crippen LogP contribution in [0.3, 0.4) is 0 Å². The smallest absolute Gasteiger partial charge is 0.268 e. The highest BCUT2D eigenvalue weighted by molar-refractivity contribution is 6.39. The molecule has 0 unspecified atom stereocenters. The van der Waals surface area contributed by atoms with E-state index in [1.165, 1.54) is 11.4 Å². The molecule has 3 rings (SSSR count). The van der Waals surface area contributed by atoms with Gasteiger partial charge < -0.3 is 9.88 Å². The van der Waals surface area contributed by atoms with Crippen molar-refractivity contribution in [3.8, 4) is 0 Å². The summed E-state index contributed by atoms with van der Waals surface area (Å²) in [4.78, 5) is 23.8. The molecule has 8 nitrogen and oxygen atoms in total. The maximum Gasteiger partial charge on any atom is 0.268 e. The molecule has 1 N–H and O–H groups in total. The van der Waals surface area contributed by atoms with E-state index in [4.69, 9.17) is 0 Å². The maximum atomic E-state index is 12.4. The van der Waals surface area contributed by atoms with Gasteiger partial charge in [0, 0.05) is 32.9 Å². The predicted octanol–water partition coefficient (Wildman–Crippen LogP) is 0.790. The molecule has 0 bridgehead atoms. The van der Waals surface area contributed by atoms with Crippen LogP contribution in [-0.4, -0.2) is 44.3 Å². The van der Waals surface area contributed by atoms with Gasteiger partial charge in [0.2, 0.25) is 5.91 Å². The monoisotopic (exact) mass is 318 g/mol. The fourth-order valence-electron chi connectivity index (χ4n) is 3.01. The lowest BCUT2D eigenvalue weighted by Crippen LogP contribution is -2.39. The molecule has 0 spiro atoms. The molecular formula is C15H22N6O2. The first-order chi connectivity index (χ1) is 11.1. The zero-order valence-electron chi connectivity index (χ0n) is 13.6. The topological polar surface area (TPSA) is 92.5 Å². The summed E-state index contributed by atoms with van der Waals surface area (Å²) >= 11 is 0. The fourth-order valence-corrected chi connectivity index (χ4v) is 3.01. The SMILES string of the molecule is C[C@@H](NC(=O)C1=NN(C)C(=O)CC1)c1nnc2n1CCCCC2. The van der Waals surface area contributed by atoms with E-state index in [1.807, 2.05) is 6.92 Å². The maximum absolute atomic E-state index is 12.4. The molecule has 0 fully saturated rings. The molecule has 1 aromatic rings.